The van der Waals surface area contributed by atoms with Crippen molar-refractivity contribution in [3.63, 3.8) is 0 Å². The van der Waals surface area contributed by atoms with Gasteiger partial charge in [-0.1, -0.05) is 61.2 Å². The first-order valence-electron chi connectivity index (χ1n) is 7.43. The fourth-order valence-corrected chi connectivity index (χ4v) is 2.27. The summed E-state index contributed by atoms with van der Waals surface area (Å²) in [7, 11) is 0. The average Bonchev–Trinajstić information content (AvgIpc) is 2.58. The summed E-state index contributed by atoms with van der Waals surface area (Å²) in [5.74, 6) is -2.13. The number of carboxylic acids is 1. The highest BCUT2D eigenvalue weighted by Gasteiger charge is 2.33. The average molecular weight is 362 g/mol. The fourth-order valence-electron chi connectivity index (χ4n) is 2.27. The van der Waals surface area contributed by atoms with Crippen LogP contribution in [0.25, 0.3) is 17.7 Å². The van der Waals surface area contributed by atoms with Crippen molar-refractivity contribution in [3.8, 4) is 0 Å². The molecule has 0 aromatic heterocycles. The zero-order chi connectivity index (χ0) is 19.3. The standard InChI is InChI=1S/C20H14F4O2/c1-13(19(25)26)17-9-5-4-7-14(17)6-2-3-8-15-10-11-16(21)12-18(15)20(22,23)24/h2-12H,1H2,(H,25,26)/b6-2+,8-3+. The van der Waals surface area contributed by atoms with E-state index < -0.39 is 23.5 Å². The second kappa shape index (κ2) is 7.82. The van der Waals surface area contributed by atoms with Gasteiger partial charge in [0.2, 0.25) is 0 Å². The van der Waals surface area contributed by atoms with Crippen LogP contribution < -0.4 is 0 Å². The Bertz CT molecular complexity index is 893. The first kappa shape index (κ1) is 19.2. The summed E-state index contributed by atoms with van der Waals surface area (Å²) in [6, 6.07) is 9.03. The molecule has 134 valence electrons. The van der Waals surface area contributed by atoms with Crippen molar-refractivity contribution in [2.45, 2.75) is 6.18 Å². The summed E-state index contributed by atoms with van der Waals surface area (Å²) in [5, 5.41) is 9.03. The molecular weight excluding hydrogens is 348 g/mol. The molecule has 26 heavy (non-hydrogen) atoms. The van der Waals surface area contributed by atoms with Crippen LogP contribution in [0.5, 0.6) is 0 Å². The van der Waals surface area contributed by atoms with Crippen molar-refractivity contribution in [2.75, 3.05) is 0 Å². The number of hydrogen-bond donors (Lipinski definition) is 1. The van der Waals surface area contributed by atoms with E-state index in [-0.39, 0.29) is 11.1 Å². The first-order valence-corrected chi connectivity index (χ1v) is 7.43. The number of aliphatic carboxylic acids is 1. The fraction of sp³-hybridized carbons (Fsp3) is 0.0500. The van der Waals surface area contributed by atoms with Gasteiger partial charge in [0.1, 0.15) is 5.82 Å². The molecule has 0 radical (unpaired) electrons. The second-order valence-corrected chi connectivity index (χ2v) is 5.32. The highest BCUT2D eigenvalue weighted by Crippen LogP contribution is 2.33. The molecule has 0 aliphatic heterocycles. The third kappa shape index (κ3) is 4.69. The monoisotopic (exact) mass is 362 g/mol. The van der Waals surface area contributed by atoms with Crippen LogP contribution in [0.15, 0.2) is 61.2 Å². The van der Waals surface area contributed by atoms with Crippen molar-refractivity contribution in [1.82, 2.24) is 0 Å². The highest BCUT2D eigenvalue weighted by molar-refractivity contribution is 6.15. The van der Waals surface area contributed by atoms with Crippen molar-refractivity contribution < 1.29 is 27.5 Å². The Labute approximate surface area is 147 Å². The molecule has 0 atom stereocenters. The Morgan fingerprint density at radius 2 is 1.62 bits per heavy atom. The number of allylic oxidation sites excluding steroid dienone is 2. The van der Waals surface area contributed by atoms with E-state index in [0.717, 1.165) is 12.1 Å². The molecule has 0 fully saturated rings. The molecule has 2 aromatic rings. The zero-order valence-electron chi connectivity index (χ0n) is 13.4. The second-order valence-electron chi connectivity index (χ2n) is 5.32. The van der Waals surface area contributed by atoms with E-state index in [2.05, 4.69) is 6.58 Å². The molecule has 2 aromatic carbocycles. The quantitative estimate of drug-likeness (QED) is 0.423. The predicted molar refractivity (Wildman–Crippen MR) is 92.6 cm³/mol. The molecule has 2 rings (SSSR count). The van der Waals surface area contributed by atoms with E-state index in [1.54, 1.807) is 30.3 Å². The molecule has 0 aliphatic rings. The molecule has 0 saturated heterocycles. The van der Waals surface area contributed by atoms with Gasteiger partial charge in [-0.3, -0.25) is 0 Å². The van der Waals surface area contributed by atoms with E-state index in [1.807, 2.05) is 0 Å². The maximum atomic E-state index is 13.1. The van der Waals surface area contributed by atoms with Gasteiger partial charge in [0, 0.05) is 0 Å². The Kier molecular flexibility index (Phi) is 5.77. The smallest absolute Gasteiger partial charge is 0.417 e. The van der Waals surface area contributed by atoms with Crippen LogP contribution in [0.1, 0.15) is 22.3 Å². The van der Waals surface area contributed by atoms with Gasteiger partial charge in [-0.05, 0) is 28.8 Å². The molecule has 6 heteroatoms. The summed E-state index contributed by atoms with van der Waals surface area (Å²) in [5.41, 5.74) is -0.372. The number of benzene rings is 2. The predicted octanol–water partition coefficient (Wildman–Crippen LogP) is 5.67. The molecule has 0 amide bonds. The van der Waals surface area contributed by atoms with Crippen molar-refractivity contribution >= 4 is 23.7 Å². The topological polar surface area (TPSA) is 37.3 Å². The molecule has 0 bridgehead atoms. The van der Waals surface area contributed by atoms with Gasteiger partial charge >= 0.3 is 12.1 Å². The number of halogens is 4. The minimum atomic E-state index is -4.67. The van der Waals surface area contributed by atoms with Gasteiger partial charge in [-0.2, -0.15) is 13.2 Å². The van der Waals surface area contributed by atoms with E-state index in [0.29, 0.717) is 17.2 Å². The van der Waals surface area contributed by atoms with Crippen molar-refractivity contribution in [2.24, 2.45) is 0 Å². The van der Waals surface area contributed by atoms with E-state index in [9.17, 15) is 22.4 Å². The molecular formula is C20H14F4O2. The van der Waals surface area contributed by atoms with Crippen LogP contribution >= 0.6 is 0 Å². The van der Waals surface area contributed by atoms with Crippen LogP contribution in [0.3, 0.4) is 0 Å². The summed E-state index contributed by atoms with van der Waals surface area (Å²) in [6.45, 7) is 3.50. The van der Waals surface area contributed by atoms with Gasteiger partial charge in [-0.15, -0.1) is 0 Å². The van der Waals surface area contributed by atoms with Crippen LogP contribution in [0.4, 0.5) is 17.6 Å². The molecule has 0 heterocycles. The van der Waals surface area contributed by atoms with Crippen molar-refractivity contribution in [1.29, 1.82) is 0 Å². The molecule has 0 unspecified atom stereocenters. The van der Waals surface area contributed by atoms with Crippen LogP contribution in [0.2, 0.25) is 0 Å². The minimum absolute atomic E-state index is 0.0906. The molecule has 0 spiro atoms. The van der Waals surface area contributed by atoms with Gasteiger partial charge < -0.3 is 5.11 Å². The molecule has 0 aliphatic carbocycles. The minimum Gasteiger partial charge on any atom is -0.478 e. The summed E-state index contributed by atoms with van der Waals surface area (Å²) in [6.07, 6.45) is 0.918. The molecule has 0 saturated carbocycles. The van der Waals surface area contributed by atoms with Crippen LogP contribution in [-0.2, 0) is 11.0 Å². The summed E-state index contributed by atoms with van der Waals surface area (Å²) < 4.78 is 51.9. The molecule has 1 N–H and O–H groups in total. The van der Waals surface area contributed by atoms with E-state index in [1.165, 1.54) is 18.2 Å². The zero-order valence-corrected chi connectivity index (χ0v) is 13.4. The summed E-state index contributed by atoms with van der Waals surface area (Å²) in [4.78, 5) is 11.1. The Morgan fingerprint density at radius 3 is 2.23 bits per heavy atom. The SMILES string of the molecule is C=C(C(=O)O)c1ccccc1/C=C/C=C/c1ccc(F)cc1C(F)(F)F. The van der Waals surface area contributed by atoms with E-state index in [4.69, 9.17) is 5.11 Å². The lowest BCUT2D eigenvalue weighted by Gasteiger charge is -2.10. The Balaban J connectivity index is 2.28. The van der Waals surface area contributed by atoms with Gasteiger partial charge in [0.05, 0.1) is 11.1 Å². The van der Waals surface area contributed by atoms with Crippen LogP contribution in [0, 0.1) is 5.82 Å². The maximum absolute atomic E-state index is 13.1. The number of carbonyl (C=O) groups is 1. The first-order chi connectivity index (χ1) is 12.2. The lowest BCUT2D eigenvalue weighted by atomic mass is 10.0. The number of carboxylic acid groups (broad SMARTS) is 1. The highest BCUT2D eigenvalue weighted by atomic mass is 19.4. The van der Waals surface area contributed by atoms with Gasteiger partial charge in [-0.25, -0.2) is 9.18 Å². The van der Waals surface area contributed by atoms with Gasteiger partial charge in [0.25, 0.3) is 0 Å². The van der Waals surface area contributed by atoms with Crippen molar-refractivity contribution in [3.05, 3.63) is 89.3 Å². The summed E-state index contributed by atoms with van der Waals surface area (Å²) >= 11 is 0. The number of rotatable bonds is 5. The van der Waals surface area contributed by atoms with E-state index >= 15 is 0 Å². The maximum Gasteiger partial charge on any atom is 0.417 e. The third-order valence-corrected chi connectivity index (χ3v) is 3.53. The molecule has 2 nitrogen and oxygen atoms in total. The normalized spacial score (nSPS) is 12.0. The number of alkyl halides is 3. The Hall–Kier alpha value is -3.15. The van der Waals surface area contributed by atoms with Gasteiger partial charge in [0.15, 0.2) is 0 Å². The number of hydrogen-bond acceptors (Lipinski definition) is 1. The lowest BCUT2D eigenvalue weighted by molar-refractivity contribution is -0.138. The lowest BCUT2D eigenvalue weighted by Crippen LogP contribution is -2.07. The third-order valence-electron chi connectivity index (χ3n) is 3.53. The Morgan fingerprint density at radius 1 is 1.00 bits per heavy atom. The van der Waals surface area contributed by atoms with Crippen LogP contribution in [-0.4, -0.2) is 11.1 Å². The largest absolute Gasteiger partial charge is 0.478 e.